The Hall–Kier alpha value is -2.13. The number of hydrogen-bond acceptors (Lipinski definition) is 4. The van der Waals surface area contributed by atoms with E-state index in [1.165, 1.54) is 4.31 Å². The highest BCUT2D eigenvalue weighted by Crippen LogP contribution is 2.18. The lowest BCUT2D eigenvalue weighted by Crippen LogP contribution is -3.14. The Kier molecular flexibility index (Phi) is 4.81. The summed E-state index contributed by atoms with van der Waals surface area (Å²) in [5, 5.41) is 0.510. The van der Waals surface area contributed by atoms with Gasteiger partial charge in [-0.1, -0.05) is 29.8 Å². The van der Waals surface area contributed by atoms with Crippen molar-refractivity contribution in [3.8, 4) is 0 Å². The lowest BCUT2D eigenvalue weighted by atomic mass is 10.3. The summed E-state index contributed by atoms with van der Waals surface area (Å²) in [4.78, 5) is 13.6. The van der Waals surface area contributed by atoms with Crippen molar-refractivity contribution in [2.75, 3.05) is 26.2 Å². The lowest BCUT2D eigenvalue weighted by Gasteiger charge is -2.31. The number of nitrogens with one attached hydrogen (secondary N) is 1. The molecule has 0 atom stereocenters. The number of aromatic nitrogens is 1. The van der Waals surface area contributed by atoms with Gasteiger partial charge in [0.25, 0.3) is 0 Å². The number of hydrogen-bond donors (Lipinski definition) is 1. The average Bonchev–Trinajstić information content (AvgIpc) is 2.97. The zero-order chi connectivity index (χ0) is 19.0. The van der Waals surface area contributed by atoms with Crippen LogP contribution in [0.5, 0.6) is 0 Å². The summed E-state index contributed by atoms with van der Waals surface area (Å²) in [6, 6.07) is 13.5. The van der Waals surface area contributed by atoms with Crippen molar-refractivity contribution in [1.29, 1.82) is 0 Å². The topological polar surface area (TPSA) is 77.0 Å². The Balaban J connectivity index is 1.48. The molecular formula is C18H19ClN3O4S+. The van der Waals surface area contributed by atoms with Gasteiger partial charge in [0.15, 0.2) is 12.3 Å². The standard InChI is InChI=1S/C18H18ClN3O4S/c19-14-6-7-16-17(12-14)26-18(23)22(16)13-20-8-10-21(11-9-20)27(24,25)15-4-2-1-3-5-15/h1-7,12H,8-11,13H2/p+1. The summed E-state index contributed by atoms with van der Waals surface area (Å²) in [6.45, 7) is 2.45. The lowest BCUT2D eigenvalue weighted by molar-refractivity contribution is -0.926. The van der Waals surface area contributed by atoms with Crippen LogP contribution in [0.25, 0.3) is 11.1 Å². The fraction of sp³-hybridized carbons (Fsp3) is 0.278. The predicted molar refractivity (Wildman–Crippen MR) is 101 cm³/mol. The van der Waals surface area contributed by atoms with E-state index in [4.69, 9.17) is 16.0 Å². The highest BCUT2D eigenvalue weighted by Gasteiger charge is 2.30. The van der Waals surface area contributed by atoms with Gasteiger partial charge >= 0.3 is 5.76 Å². The number of halogens is 1. The summed E-state index contributed by atoms with van der Waals surface area (Å²) in [6.07, 6.45) is 0. The van der Waals surface area contributed by atoms with E-state index in [1.54, 1.807) is 53.1 Å². The van der Waals surface area contributed by atoms with Crippen molar-refractivity contribution in [2.24, 2.45) is 0 Å². The number of oxazole rings is 1. The van der Waals surface area contributed by atoms with Gasteiger partial charge in [0.05, 0.1) is 36.6 Å². The first-order valence-electron chi connectivity index (χ1n) is 8.63. The van der Waals surface area contributed by atoms with Crippen molar-refractivity contribution < 1.29 is 17.7 Å². The van der Waals surface area contributed by atoms with E-state index < -0.39 is 15.8 Å². The fourth-order valence-corrected chi connectivity index (χ4v) is 4.98. The quantitative estimate of drug-likeness (QED) is 0.692. The van der Waals surface area contributed by atoms with Crippen LogP contribution in [0.4, 0.5) is 0 Å². The summed E-state index contributed by atoms with van der Waals surface area (Å²) in [5.41, 5.74) is 1.15. The van der Waals surface area contributed by atoms with Crippen LogP contribution in [-0.2, 0) is 16.7 Å². The Morgan fingerprint density at radius 3 is 2.48 bits per heavy atom. The summed E-state index contributed by atoms with van der Waals surface area (Å²) >= 11 is 5.94. The number of piperazine rings is 1. The van der Waals surface area contributed by atoms with Crippen LogP contribution in [0.2, 0.25) is 5.02 Å². The van der Waals surface area contributed by atoms with Crippen molar-refractivity contribution in [2.45, 2.75) is 11.6 Å². The number of fused-ring (bicyclic) bond motifs is 1. The first kappa shape index (κ1) is 18.2. The largest absolute Gasteiger partial charge is 0.424 e. The third-order valence-electron chi connectivity index (χ3n) is 4.82. The molecule has 0 aliphatic carbocycles. The van der Waals surface area contributed by atoms with Gasteiger partial charge < -0.3 is 9.32 Å². The third kappa shape index (κ3) is 3.53. The smallest absolute Gasteiger partial charge is 0.408 e. The Bertz CT molecular complexity index is 1120. The molecule has 27 heavy (non-hydrogen) atoms. The van der Waals surface area contributed by atoms with Gasteiger partial charge in [-0.05, 0) is 24.3 Å². The zero-order valence-corrected chi connectivity index (χ0v) is 16.0. The molecule has 4 rings (SSSR count). The molecule has 7 nitrogen and oxygen atoms in total. The number of benzene rings is 2. The summed E-state index contributed by atoms with van der Waals surface area (Å²) in [5.74, 6) is -0.431. The molecule has 1 aliphatic rings. The minimum Gasteiger partial charge on any atom is -0.408 e. The maximum absolute atomic E-state index is 12.7. The molecule has 0 unspecified atom stereocenters. The van der Waals surface area contributed by atoms with E-state index in [1.807, 2.05) is 0 Å². The van der Waals surface area contributed by atoms with Crippen molar-refractivity contribution in [1.82, 2.24) is 8.87 Å². The average molecular weight is 409 g/mol. The van der Waals surface area contributed by atoms with Gasteiger partial charge in [-0.3, -0.25) is 0 Å². The van der Waals surface area contributed by atoms with Gasteiger partial charge in [0, 0.05) is 11.1 Å². The van der Waals surface area contributed by atoms with E-state index in [0.29, 0.717) is 53.9 Å². The van der Waals surface area contributed by atoms with E-state index in [0.717, 1.165) is 4.90 Å². The molecule has 1 N–H and O–H groups in total. The van der Waals surface area contributed by atoms with E-state index in [9.17, 15) is 13.2 Å². The first-order valence-corrected chi connectivity index (χ1v) is 10.4. The molecule has 2 heterocycles. The highest BCUT2D eigenvalue weighted by molar-refractivity contribution is 7.89. The zero-order valence-electron chi connectivity index (χ0n) is 14.5. The number of rotatable bonds is 4. The number of nitrogens with zero attached hydrogens (tertiary/aromatic N) is 2. The molecule has 1 saturated heterocycles. The second kappa shape index (κ2) is 7.12. The van der Waals surface area contributed by atoms with Crippen LogP contribution in [0.3, 0.4) is 0 Å². The highest BCUT2D eigenvalue weighted by atomic mass is 35.5. The van der Waals surface area contributed by atoms with Gasteiger partial charge in [-0.2, -0.15) is 4.31 Å². The minimum absolute atomic E-state index is 0.308. The van der Waals surface area contributed by atoms with Crippen molar-refractivity contribution in [3.05, 3.63) is 64.1 Å². The van der Waals surface area contributed by atoms with Crippen LogP contribution in [0.15, 0.2) is 62.6 Å². The monoisotopic (exact) mass is 408 g/mol. The van der Waals surface area contributed by atoms with E-state index >= 15 is 0 Å². The van der Waals surface area contributed by atoms with Crippen LogP contribution in [-0.4, -0.2) is 43.5 Å². The van der Waals surface area contributed by atoms with Gasteiger partial charge in [0.2, 0.25) is 10.0 Å². The molecule has 0 spiro atoms. The van der Waals surface area contributed by atoms with Gasteiger partial charge in [-0.25, -0.2) is 17.8 Å². The van der Waals surface area contributed by atoms with E-state index in [-0.39, 0.29) is 0 Å². The normalized spacial score (nSPS) is 16.8. The molecule has 1 aromatic heterocycles. The molecule has 2 aromatic carbocycles. The summed E-state index contributed by atoms with van der Waals surface area (Å²) in [7, 11) is -3.48. The Morgan fingerprint density at radius 1 is 1.07 bits per heavy atom. The molecule has 0 saturated carbocycles. The second-order valence-electron chi connectivity index (χ2n) is 6.53. The maximum atomic E-state index is 12.7. The van der Waals surface area contributed by atoms with Gasteiger partial charge in [-0.15, -0.1) is 0 Å². The number of sulfonamides is 1. The molecule has 0 amide bonds. The van der Waals surface area contributed by atoms with E-state index in [2.05, 4.69) is 0 Å². The minimum atomic E-state index is -3.48. The third-order valence-corrected chi connectivity index (χ3v) is 6.97. The summed E-state index contributed by atoms with van der Waals surface area (Å²) < 4.78 is 33.7. The van der Waals surface area contributed by atoms with Crippen LogP contribution >= 0.6 is 11.6 Å². The SMILES string of the molecule is O=c1oc2cc(Cl)ccc2n1C[NH+]1CCN(S(=O)(=O)c2ccccc2)CC1. The molecule has 1 aliphatic heterocycles. The molecule has 0 bridgehead atoms. The molecular weight excluding hydrogens is 390 g/mol. The molecule has 3 aromatic rings. The fourth-order valence-electron chi connectivity index (χ4n) is 3.36. The molecule has 1 fully saturated rings. The molecule has 142 valence electrons. The Labute approximate surface area is 161 Å². The number of quaternary nitrogens is 1. The predicted octanol–water partition coefficient (Wildman–Crippen LogP) is 0.795. The van der Waals surface area contributed by atoms with Crippen LogP contribution in [0.1, 0.15) is 0 Å². The van der Waals surface area contributed by atoms with Crippen LogP contribution < -0.4 is 10.7 Å². The van der Waals surface area contributed by atoms with Crippen molar-refractivity contribution in [3.63, 3.8) is 0 Å². The Morgan fingerprint density at radius 2 is 1.78 bits per heavy atom. The molecule has 0 radical (unpaired) electrons. The first-order chi connectivity index (χ1) is 12.9. The van der Waals surface area contributed by atoms with Crippen molar-refractivity contribution >= 4 is 32.7 Å². The van der Waals surface area contributed by atoms with Crippen LogP contribution in [0, 0.1) is 0 Å². The molecule has 9 heteroatoms. The second-order valence-corrected chi connectivity index (χ2v) is 8.91. The maximum Gasteiger partial charge on any atom is 0.424 e. The van der Waals surface area contributed by atoms with Gasteiger partial charge in [0.1, 0.15) is 0 Å².